The lowest BCUT2D eigenvalue weighted by Crippen LogP contribution is -2.48. The topological polar surface area (TPSA) is 79.0 Å². The van der Waals surface area contributed by atoms with Gasteiger partial charge in [-0.2, -0.15) is 0 Å². The van der Waals surface area contributed by atoms with E-state index in [1.807, 2.05) is 41.8 Å². The van der Waals surface area contributed by atoms with E-state index >= 15 is 0 Å². The Labute approximate surface area is 192 Å². The fourth-order valence-corrected chi connectivity index (χ4v) is 5.47. The number of piperazine rings is 1. The zero-order chi connectivity index (χ0) is 22.6. The number of ether oxygens (including phenoxy) is 1. The van der Waals surface area contributed by atoms with E-state index in [-0.39, 0.29) is 17.3 Å². The number of para-hydroxylation sites is 2. The van der Waals surface area contributed by atoms with Crippen LogP contribution in [0, 0.1) is 0 Å². The van der Waals surface area contributed by atoms with Gasteiger partial charge in [-0.15, -0.1) is 11.3 Å². The molecule has 0 spiro atoms. The summed E-state index contributed by atoms with van der Waals surface area (Å²) in [6.45, 7) is 2.66. The quantitative estimate of drug-likeness (QED) is 0.573. The van der Waals surface area contributed by atoms with E-state index < -0.39 is 10.0 Å². The fraction of sp³-hybridized carbons (Fsp3) is 0.261. The Balaban J connectivity index is 1.42. The van der Waals surface area contributed by atoms with E-state index in [1.54, 1.807) is 24.1 Å². The van der Waals surface area contributed by atoms with Crippen molar-refractivity contribution >= 4 is 33.0 Å². The molecule has 3 aromatic rings. The molecule has 7 nitrogen and oxygen atoms in total. The molecular formula is C23H25N3O4S2. The second-order valence-corrected chi connectivity index (χ2v) is 10.2. The summed E-state index contributed by atoms with van der Waals surface area (Å²) in [7, 11) is -2.06. The minimum absolute atomic E-state index is 0.0903. The fourth-order valence-electron chi connectivity index (χ4n) is 3.68. The number of anilines is 1. The van der Waals surface area contributed by atoms with Gasteiger partial charge in [-0.3, -0.25) is 4.79 Å². The van der Waals surface area contributed by atoms with E-state index in [4.69, 9.17) is 4.74 Å². The summed E-state index contributed by atoms with van der Waals surface area (Å²) in [6.07, 6.45) is 0. The molecule has 0 aliphatic carbocycles. The SMILES string of the molecule is COc1ccccc1N1CCN(C(=O)c2cccc(S(=O)(=O)NCc3cccs3)c2)CC1. The first-order valence-corrected chi connectivity index (χ1v) is 12.6. The third kappa shape index (κ3) is 4.95. The first-order chi connectivity index (χ1) is 15.5. The predicted octanol–water partition coefficient (Wildman–Crippen LogP) is 3.20. The van der Waals surface area contributed by atoms with Crippen LogP contribution < -0.4 is 14.4 Å². The van der Waals surface area contributed by atoms with Crippen LogP contribution in [-0.2, 0) is 16.6 Å². The molecule has 32 heavy (non-hydrogen) atoms. The maximum Gasteiger partial charge on any atom is 0.254 e. The van der Waals surface area contributed by atoms with Crippen molar-refractivity contribution in [3.05, 3.63) is 76.5 Å². The zero-order valence-electron chi connectivity index (χ0n) is 17.7. The van der Waals surface area contributed by atoms with Crippen molar-refractivity contribution in [1.82, 2.24) is 9.62 Å². The number of nitrogens with one attached hydrogen (secondary N) is 1. The van der Waals surface area contributed by atoms with Crippen molar-refractivity contribution in [3.8, 4) is 5.75 Å². The normalized spacial score (nSPS) is 14.4. The molecule has 1 aliphatic rings. The minimum Gasteiger partial charge on any atom is -0.495 e. The number of hydrogen-bond donors (Lipinski definition) is 1. The molecule has 0 unspecified atom stereocenters. The summed E-state index contributed by atoms with van der Waals surface area (Å²) in [4.78, 5) is 18.0. The van der Waals surface area contributed by atoms with Gasteiger partial charge >= 0.3 is 0 Å². The summed E-state index contributed by atoms with van der Waals surface area (Å²) >= 11 is 1.49. The van der Waals surface area contributed by atoms with Crippen LogP contribution in [0.15, 0.2) is 70.9 Å². The minimum atomic E-state index is -3.71. The number of thiophene rings is 1. The van der Waals surface area contributed by atoms with Gasteiger partial charge < -0.3 is 14.5 Å². The predicted molar refractivity (Wildman–Crippen MR) is 126 cm³/mol. The molecule has 1 amide bonds. The number of sulfonamides is 1. The largest absolute Gasteiger partial charge is 0.495 e. The van der Waals surface area contributed by atoms with Gasteiger partial charge in [-0.1, -0.05) is 24.3 Å². The molecule has 168 valence electrons. The number of carbonyl (C=O) groups is 1. The van der Waals surface area contributed by atoms with E-state index in [0.717, 1.165) is 16.3 Å². The summed E-state index contributed by atoms with van der Waals surface area (Å²) in [5.74, 6) is 0.639. The van der Waals surface area contributed by atoms with E-state index in [9.17, 15) is 13.2 Å². The number of amides is 1. The Bertz CT molecular complexity index is 1170. The molecule has 1 aromatic heterocycles. The molecule has 0 radical (unpaired) electrons. The Morgan fingerprint density at radius 1 is 1.03 bits per heavy atom. The summed E-state index contributed by atoms with van der Waals surface area (Å²) in [5, 5.41) is 1.90. The van der Waals surface area contributed by atoms with Crippen molar-refractivity contribution in [2.75, 3.05) is 38.2 Å². The van der Waals surface area contributed by atoms with Gasteiger partial charge in [0.25, 0.3) is 5.91 Å². The first kappa shape index (κ1) is 22.3. The third-order valence-electron chi connectivity index (χ3n) is 5.40. The number of methoxy groups -OCH3 is 1. The molecule has 0 saturated carbocycles. The van der Waals surface area contributed by atoms with Gasteiger partial charge in [0.2, 0.25) is 10.0 Å². The number of hydrogen-bond acceptors (Lipinski definition) is 6. The molecule has 0 atom stereocenters. The smallest absolute Gasteiger partial charge is 0.254 e. The highest BCUT2D eigenvalue weighted by Gasteiger charge is 2.25. The van der Waals surface area contributed by atoms with Gasteiger partial charge in [0.05, 0.1) is 17.7 Å². The number of benzene rings is 2. The van der Waals surface area contributed by atoms with Gasteiger partial charge in [-0.05, 0) is 41.8 Å². The lowest BCUT2D eigenvalue weighted by molar-refractivity contribution is 0.0746. The number of rotatable bonds is 7. The highest BCUT2D eigenvalue weighted by Crippen LogP contribution is 2.28. The van der Waals surface area contributed by atoms with Gasteiger partial charge in [-0.25, -0.2) is 13.1 Å². The monoisotopic (exact) mass is 471 g/mol. The molecule has 4 rings (SSSR count). The van der Waals surface area contributed by atoms with E-state index in [2.05, 4.69) is 9.62 Å². The molecular weight excluding hydrogens is 446 g/mol. The molecule has 9 heteroatoms. The molecule has 2 heterocycles. The molecule has 1 fully saturated rings. The van der Waals surface area contributed by atoms with Crippen molar-refractivity contribution in [1.29, 1.82) is 0 Å². The van der Waals surface area contributed by atoms with Crippen LogP contribution in [0.4, 0.5) is 5.69 Å². The molecule has 0 bridgehead atoms. The summed E-state index contributed by atoms with van der Waals surface area (Å²) in [6, 6.07) is 17.8. The first-order valence-electron chi connectivity index (χ1n) is 10.3. The standard InChI is InChI=1S/C23H25N3O4S2/c1-30-22-10-3-2-9-21(22)25-11-13-26(14-12-25)23(27)18-6-4-8-20(16-18)32(28,29)24-17-19-7-5-15-31-19/h2-10,15-16,24H,11-14,17H2,1H3. The van der Waals surface area contributed by atoms with Crippen LogP contribution >= 0.6 is 11.3 Å². The number of carbonyl (C=O) groups excluding carboxylic acids is 1. The van der Waals surface area contributed by atoms with Gasteiger partial charge in [0.15, 0.2) is 0 Å². The maximum atomic E-state index is 13.1. The molecule has 1 aliphatic heterocycles. The van der Waals surface area contributed by atoms with E-state index in [1.165, 1.54) is 23.5 Å². The van der Waals surface area contributed by atoms with Crippen molar-refractivity contribution < 1.29 is 17.9 Å². The number of nitrogens with zero attached hydrogens (tertiary/aromatic N) is 2. The molecule has 1 saturated heterocycles. The van der Waals surface area contributed by atoms with Crippen LogP contribution in [0.5, 0.6) is 5.75 Å². The third-order valence-corrected chi connectivity index (χ3v) is 7.68. The van der Waals surface area contributed by atoms with Crippen LogP contribution in [0.3, 0.4) is 0 Å². The van der Waals surface area contributed by atoms with Crippen molar-refractivity contribution in [2.45, 2.75) is 11.4 Å². The second-order valence-electron chi connectivity index (χ2n) is 7.38. The summed E-state index contributed by atoms with van der Waals surface area (Å²) in [5.41, 5.74) is 1.38. The summed E-state index contributed by atoms with van der Waals surface area (Å²) < 4.78 is 33.4. The van der Waals surface area contributed by atoms with Gasteiger partial charge in [0, 0.05) is 43.2 Å². The highest BCUT2D eigenvalue weighted by atomic mass is 32.2. The average Bonchev–Trinajstić information content (AvgIpc) is 3.36. The average molecular weight is 472 g/mol. The van der Waals surface area contributed by atoms with Crippen LogP contribution in [0.25, 0.3) is 0 Å². The second kappa shape index (κ2) is 9.72. The Morgan fingerprint density at radius 3 is 2.53 bits per heavy atom. The van der Waals surface area contributed by atoms with E-state index in [0.29, 0.717) is 31.7 Å². The highest BCUT2D eigenvalue weighted by molar-refractivity contribution is 7.89. The Kier molecular flexibility index (Phi) is 6.78. The Morgan fingerprint density at radius 2 is 1.81 bits per heavy atom. The van der Waals surface area contributed by atoms with Crippen LogP contribution in [0.1, 0.15) is 15.2 Å². The van der Waals surface area contributed by atoms with Crippen LogP contribution in [0.2, 0.25) is 0 Å². The molecule has 1 N–H and O–H groups in total. The maximum absolute atomic E-state index is 13.1. The van der Waals surface area contributed by atoms with Crippen molar-refractivity contribution in [2.24, 2.45) is 0 Å². The van der Waals surface area contributed by atoms with Gasteiger partial charge in [0.1, 0.15) is 5.75 Å². The molecule has 2 aromatic carbocycles. The van der Waals surface area contributed by atoms with Crippen LogP contribution in [-0.4, -0.2) is 52.5 Å². The van der Waals surface area contributed by atoms with Crippen molar-refractivity contribution in [3.63, 3.8) is 0 Å². The zero-order valence-corrected chi connectivity index (χ0v) is 19.4. The lowest BCUT2D eigenvalue weighted by Gasteiger charge is -2.36. The Hall–Kier alpha value is -2.88. The lowest BCUT2D eigenvalue weighted by atomic mass is 10.1.